The highest BCUT2D eigenvalue weighted by atomic mass is 79.9. The molecule has 6 nitrogen and oxygen atoms in total. The summed E-state index contributed by atoms with van der Waals surface area (Å²) in [7, 11) is 2.86. The van der Waals surface area contributed by atoms with Crippen LogP contribution in [0.3, 0.4) is 0 Å². The van der Waals surface area contributed by atoms with Crippen molar-refractivity contribution in [2.24, 2.45) is 0 Å². The van der Waals surface area contributed by atoms with E-state index >= 15 is 0 Å². The SMILES string of the molecule is COC(=O)C(C)Oc1c(Br)cc(-c2nc3ccccc3[nH]2)cc1OC. The molecule has 130 valence electrons. The van der Waals surface area contributed by atoms with Gasteiger partial charge in [-0.15, -0.1) is 0 Å². The molecule has 1 unspecified atom stereocenters. The van der Waals surface area contributed by atoms with Crippen molar-refractivity contribution < 1.29 is 19.0 Å². The van der Waals surface area contributed by atoms with Crippen LogP contribution < -0.4 is 9.47 Å². The van der Waals surface area contributed by atoms with E-state index < -0.39 is 12.1 Å². The average molecular weight is 405 g/mol. The molecule has 0 bridgehead atoms. The van der Waals surface area contributed by atoms with Gasteiger partial charge in [0.25, 0.3) is 0 Å². The van der Waals surface area contributed by atoms with Gasteiger partial charge >= 0.3 is 5.97 Å². The lowest BCUT2D eigenvalue weighted by Crippen LogP contribution is -2.25. The number of carbonyl (C=O) groups excluding carboxylic acids is 1. The summed E-state index contributed by atoms with van der Waals surface area (Å²) in [6.07, 6.45) is -0.757. The van der Waals surface area contributed by atoms with Crippen molar-refractivity contribution in [1.82, 2.24) is 9.97 Å². The van der Waals surface area contributed by atoms with Gasteiger partial charge in [-0.1, -0.05) is 12.1 Å². The number of fused-ring (bicyclic) bond motifs is 1. The predicted molar refractivity (Wildman–Crippen MR) is 97.9 cm³/mol. The van der Waals surface area contributed by atoms with Crippen LogP contribution >= 0.6 is 15.9 Å². The van der Waals surface area contributed by atoms with Crippen LogP contribution in [0.1, 0.15) is 6.92 Å². The molecule has 0 aliphatic carbocycles. The minimum Gasteiger partial charge on any atom is -0.493 e. The quantitative estimate of drug-likeness (QED) is 0.651. The number of imidazole rings is 1. The molecule has 3 rings (SSSR count). The van der Waals surface area contributed by atoms with E-state index in [9.17, 15) is 4.79 Å². The molecule has 0 fully saturated rings. The number of aromatic nitrogens is 2. The third-order valence-corrected chi connectivity index (χ3v) is 4.31. The van der Waals surface area contributed by atoms with Gasteiger partial charge in [0.2, 0.25) is 0 Å². The number of nitrogens with one attached hydrogen (secondary N) is 1. The van der Waals surface area contributed by atoms with Crippen LogP contribution in [0.25, 0.3) is 22.4 Å². The number of esters is 1. The standard InChI is InChI=1S/C18H17BrN2O4/c1-10(18(22)24-3)25-16-12(19)8-11(9-15(16)23-2)17-20-13-6-4-5-7-14(13)21-17/h4-10H,1-3H3,(H,20,21). The first-order valence-electron chi connectivity index (χ1n) is 7.60. The molecule has 3 aromatic rings. The molecule has 0 saturated carbocycles. The predicted octanol–water partition coefficient (Wildman–Crippen LogP) is 3.94. The number of benzene rings is 2. The molecular formula is C18H17BrN2O4. The molecule has 0 amide bonds. The van der Waals surface area contributed by atoms with Gasteiger partial charge < -0.3 is 19.2 Å². The number of halogens is 1. The first kappa shape index (κ1) is 17.3. The number of methoxy groups -OCH3 is 2. The fourth-order valence-electron chi connectivity index (χ4n) is 2.45. The normalized spacial score (nSPS) is 12.0. The topological polar surface area (TPSA) is 73.4 Å². The highest BCUT2D eigenvalue weighted by molar-refractivity contribution is 9.10. The zero-order valence-electron chi connectivity index (χ0n) is 14.0. The average Bonchev–Trinajstić information content (AvgIpc) is 3.06. The van der Waals surface area contributed by atoms with Crippen LogP contribution in [-0.4, -0.2) is 36.3 Å². The largest absolute Gasteiger partial charge is 0.493 e. The molecule has 7 heteroatoms. The van der Waals surface area contributed by atoms with Crippen LogP contribution in [0.5, 0.6) is 11.5 Å². The number of para-hydroxylation sites is 2. The van der Waals surface area contributed by atoms with E-state index in [2.05, 4.69) is 30.6 Å². The number of hydrogen-bond donors (Lipinski definition) is 1. The van der Waals surface area contributed by atoms with Gasteiger partial charge in [0.1, 0.15) is 5.82 Å². The summed E-state index contributed by atoms with van der Waals surface area (Å²) in [5.41, 5.74) is 2.66. The summed E-state index contributed by atoms with van der Waals surface area (Å²) in [5, 5.41) is 0. The number of H-pyrrole nitrogens is 1. The van der Waals surface area contributed by atoms with E-state index in [0.29, 0.717) is 21.8 Å². The molecule has 25 heavy (non-hydrogen) atoms. The van der Waals surface area contributed by atoms with E-state index in [1.807, 2.05) is 36.4 Å². The second-order valence-corrected chi connectivity index (χ2v) is 6.23. The van der Waals surface area contributed by atoms with Gasteiger partial charge in [0.15, 0.2) is 17.6 Å². The fraction of sp³-hybridized carbons (Fsp3) is 0.222. The molecule has 0 aliphatic rings. The summed E-state index contributed by atoms with van der Waals surface area (Å²) < 4.78 is 16.5. The van der Waals surface area contributed by atoms with E-state index in [-0.39, 0.29) is 0 Å². The Morgan fingerprint density at radius 1 is 1.24 bits per heavy atom. The van der Waals surface area contributed by atoms with Gasteiger partial charge in [-0.05, 0) is 47.1 Å². The van der Waals surface area contributed by atoms with Crippen molar-refractivity contribution in [3.05, 3.63) is 40.9 Å². The summed E-state index contributed by atoms with van der Waals surface area (Å²) in [6.45, 7) is 1.62. The van der Waals surface area contributed by atoms with Crippen LogP contribution in [0.2, 0.25) is 0 Å². The van der Waals surface area contributed by atoms with Gasteiger partial charge in [0, 0.05) is 5.56 Å². The number of ether oxygens (including phenoxy) is 3. The van der Waals surface area contributed by atoms with E-state index in [4.69, 9.17) is 9.47 Å². The van der Waals surface area contributed by atoms with Crippen molar-refractivity contribution in [2.45, 2.75) is 13.0 Å². The fourth-order valence-corrected chi connectivity index (χ4v) is 2.99. The highest BCUT2D eigenvalue weighted by Crippen LogP contribution is 2.40. The highest BCUT2D eigenvalue weighted by Gasteiger charge is 2.21. The van der Waals surface area contributed by atoms with E-state index in [1.54, 1.807) is 14.0 Å². The first-order chi connectivity index (χ1) is 12.0. The Hall–Kier alpha value is -2.54. The van der Waals surface area contributed by atoms with Crippen molar-refractivity contribution in [3.63, 3.8) is 0 Å². The molecule has 0 saturated heterocycles. The monoisotopic (exact) mass is 404 g/mol. The van der Waals surface area contributed by atoms with Gasteiger partial charge in [0.05, 0.1) is 29.7 Å². The molecule has 1 aromatic heterocycles. The number of hydrogen-bond acceptors (Lipinski definition) is 5. The van der Waals surface area contributed by atoms with Crippen molar-refractivity contribution in [1.29, 1.82) is 0 Å². The minimum atomic E-state index is -0.757. The number of rotatable bonds is 5. The summed E-state index contributed by atoms with van der Waals surface area (Å²) in [6, 6.07) is 11.5. The molecular weight excluding hydrogens is 388 g/mol. The van der Waals surface area contributed by atoms with Gasteiger partial charge in [-0.2, -0.15) is 0 Å². The molecule has 2 aromatic carbocycles. The third kappa shape index (κ3) is 3.46. The zero-order valence-corrected chi connectivity index (χ0v) is 15.6. The summed E-state index contributed by atoms with van der Waals surface area (Å²) >= 11 is 3.48. The van der Waals surface area contributed by atoms with Gasteiger partial charge in [-0.25, -0.2) is 9.78 Å². The number of carbonyl (C=O) groups is 1. The van der Waals surface area contributed by atoms with Crippen molar-refractivity contribution in [2.75, 3.05) is 14.2 Å². The summed E-state index contributed by atoms with van der Waals surface area (Å²) in [4.78, 5) is 19.5. The lowest BCUT2D eigenvalue weighted by molar-refractivity contribution is -0.147. The van der Waals surface area contributed by atoms with E-state index in [1.165, 1.54) is 7.11 Å². The molecule has 0 aliphatic heterocycles. The Labute approximate surface area is 153 Å². The maximum atomic E-state index is 11.6. The third-order valence-electron chi connectivity index (χ3n) is 3.72. The van der Waals surface area contributed by atoms with Crippen LogP contribution in [-0.2, 0) is 9.53 Å². The maximum absolute atomic E-state index is 11.6. The molecule has 1 N–H and O–H groups in total. The maximum Gasteiger partial charge on any atom is 0.346 e. The Morgan fingerprint density at radius 3 is 2.68 bits per heavy atom. The van der Waals surface area contributed by atoms with Crippen LogP contribution in [0.4, 0.5) is 0 Å². The van der Waals surface area contributed by atoms with Crippen molar-refractivity contribution >= 4 is 32.9 Å². The van der Waals surface area contributed by atoms with Gasteiger partial charge in [-0.3, -0.25) is 0 Å². The Morgan fingerprint density at radius 2 is 2.00 bits per heavy atom. The molecule has 0 radical (unpaired) electrons. The molecule has 1 heterocycles. The molecule has 1 atom stereocenters. The van der Waals surface area contributed by atoms with Crippen LogP contribution in [0.15, 0.2) is 40.9 Å². The summed E-state index contributed by atoms with van der Waals surface area (Å²) in [5.74, 6) is 1.17. The van der Waals surface area contributed by atoms with E-state index in [0.717, 1.165) is 16.6 Å². The number of aromatic amines is 1. The van der Waals surface area contributed by atoms with Crippen molar-refractivity contribution in [3.8, 4) is 22.9 Å². The lowest BCUT2D eigenvalue weighted by atomic mass is 10.2. The minimum absolute atomic E-state index is 0.431. The Bertz CT molecular complexity index is 890. The second kappa shape index (κ2) is 7.14. The molecule has 0 spiro atoms. The Kier molecular flexibility index (Phi) is 4.94. The lowest BCUT2D eigenvalue weighted by Gasteiger charge is -2.17. The second-order valence-electron chi connectivity index (χ2n) is 5.38. The number of nitrogens with zero attached hydrogens (tertiary/aromatic N) is 1. The first-order valence-corrected chi connectivity index (χ1v) is 8.40. The smallest absolute Gasteiger partial charge is 0.346 e. The zero-order chi connectivity index (χ0) is 18.0. The Balaban J connectivity index is 2.00. The van der Waals surface area contributed by atoms with Crippen LogP contribution in [0, 0.1) is 0 Å².